The van der Waals surface area contributed by atoms with Gasteiger partial charge in [-0.25, -0.2) is 0 Å². The number of halogens is 3. The van der Waals surface area contributed by atoms with Crippen LogP contribution in [0.15, 0.2) is 25.0 Å². The van der Waals surface area contributed by atoms with E-state index in [9.17, 15) is 13.2 Å². The molecular formula is C7H9F3O2. The van der Waals surface area contributed by atoms with E-state index >= 15 is 0 Å². The van der Waals surface area contributed by atoms with Crippen LogP contribution in [0.2, 0.25) is 0 Å². The van der Waals surface area contributed by atoms with Crippen molar-refractivity contribution in [3.8, 4) is 0 Å². The number of allylic oxidation sites excluding steroid dienone is 1. The Balaban J connectivity index is 4.43. The first-order valence-electron chi connectivity index (χ1n) is 3.00. The molecule has 0 aliphatic heterocycles. The summed E-state index contributed by atoms with van der Waals surface area (Å²) in [4.78, 5) is 0. The average molecular weight is 182 g/mol. The van der Waals surface area contributed by atoms with Crippen LogP contribution >= 0.6 is 0 Å². The second-order valence-corrected chi connectivity index (χ2v) is 2.25. The maximum Gasteiger partial charge on any atom is 0.454 e. The Morgan fingerprint density at radius 1 is 1.50 bits per heavy atom. The van der Waals surface area contributed by atoms with Gasteiger partial charge in [0.05, 0.1) is 0 Å². The maximum absolute atomic E-state index is 11.9. The van der Waals surface area contributed by atoms with Gasteiger partial charge in [0, 0.05) is 6.92 Å². The summed E-state index contributed by atoms with van der Waals surface area (Å²) in [6, 6.07) is 0. The van der Waals surface area contributed by atoms with Gasteiger partial charge >= 0.3 is 12.0 Å². The molecule has 0 saturated heterocycles. The third kappa shape index (κ3) is 2.58. The van der Waals surface area contributed by atoms with Gasteiger partial charge in [-0.15, -0.1) is 0 Å². The lowest BCUT2D eigenvalue weighted by molar-refractivity contribution is -0.343. The van der Waals surface area contributed by atoms with Crippen LogP contribution in [0.5, 0.6) is 0 Å². The molecule has 1 atom stereocenters. The van der Waals surface area contributed by atoms with Crippen molar-refractivity contribution in [2.45, 2.75) is 18.9 Å². The third-order valence-electron chi connectivity index (χ3n) is 1.08. The first-order chi connectivity index (χ1) is 5.20. The van der Waals surface area contributed by atoms with Crippen LogP contribution in [0.1, 0.15) is 6.92 Å². The fourth-order valence-corrected chi connectivity index (χ4v) is 0.355. The van der Waals surface area contributed by atoms with Gasteiger partial charge in [-0.05, 0) is 6.08 Å². The minimum absolute atomic E-state index is 0.336. The quantitative estimate of drug-likeness (QED) is 0.410. The Morgan fingerprint density at radius 3 is 2.17 bits per heavy atom. The topological polar surface area (TPSA) is 29.5 Å². The number of alkyl halides is 3. The summed E-state index contributed by atoms with van der Waals surface area (Å²) in [5, 5.41) is 8.70. The second-order valence-electron chi connectivity index (χ2n) is 2.25. The monoisotopic (exact) mass is 182 g/mol. The zero-order valence-electron chi connectivity index (χ0n) is 6.48. The predicted molar refractivity (Wildman–Crippen MR) is 37.1 cm³/mol. The lowest BCUT2D eigenvalue weighted by atomic mass is 10.3. The first-order valence-corrected chi connectivity index (χ1v) is 3.00. The molecule has 0 saturated carbocycles. The zero-order valence-corrected chi connectivity index (χ0v) is 6.48. The normalized spacial score (nSPS) is 16.4. The van der Waals surface area contributed by atoms with Crippen molar-refractivity contribution in [2.75, 3.05) is 0 Å². The molecular weight excluding hydrogens is 173 g/mol. The van der Waals surface area contributed by atoms with Crippen molar-refractivity contribution in [1.82, 2.24) is 0 Å². The predicted octanol–water partition coefficient (Wildman–Crippen LogP) is 1.97. The molecule has 0 aromatic heterocycles. The lowest BCUT2D eigenvalue weighted by Crippen LogP contribution is -2.44. The number of rotatable bonds is 3. The minimum Gasteiger partial charge on any atom is -0.454 e. The van der Waals surface area contributed by atoms with Crippen LogP contribution in [0.3, 0.4) is 0 Å². The highest BCUT2D eigenvalue weighted by atomic mass is 19.4. The summed E-state index contributed by atoms with van der Waals surface area (Å²) in [6.45, 7) is 6.68. The summed E-state index contributed by atoms with van der Waals surface area (Å²) in [5.41, 5.74) is 0. The van der Waals surface area contributed by atoms with Gasteiger partial charge in [0.1, 0.15) is 5.76 Å². The maximum atomic E-state index is 11.9. The highest BCUT2D eigenvalue weighted by Gasteiger charge is 2.52. The van der Waals surface area contributed by atoms with Crippen LogP contribution in [0, 0.1) is 0 Å². The van der Waals surface area contributed by atoms with Gasteiger partial charge < -0.3 is 9.84 Å². The fraction of sp³-hybridized carbons (Fsp3) is 0.429. The molecule has 0 aromatic rings. The SMILES string of the molecule is C=CC(=C)OC(C)(O)C(F)(F)F. The molecule has 0 aliphatic rings. The lowest BCUT2D eigenvalue weighted by Gasteiger charge is -2.26. The molecule has 5 heteroatoms. The average Bonchev–Trinajstić information content (AvgIpc) is 1.84. The molecule has 0 amide bonds. The van der Waals surface area contributed by atoms with Crippen LogP contribution in [0.4, 0.5) is 13.2 Å². The minimum atomic E-state index is -4.85. The number of aliphatic hydroxyl groups is 1. The molecule has 2 nitrogen and oxygen atoms in total. The zero-order chi connectivity index (χ0) is 9.99. The van der Waals surface area contributed by atoms with Gasteiger partial charge in [0.15, 0.2) is 0 Å². The highest BCUT2D eigenvalue weighted by molar-refractivity contribution is 5.03. The van der Waals surface area contributed by atoms with E-state index in [1.807, 2.05) is 0 Å². The third-order valence-corrected chi connectivity index (χ3v) is 1.08. The summed E-state index contributed by atoms with van der Waals surface area (Å²) in [6.07, 6.45) is -3.88. The van der Waals surface area contributed by atoms with Gasteiger partial charge in [-0.1, -0.05) is 13.2 Å². The highest BCUT2D eigenvalue weighted by Crippen LogP contribution is 2.32. The number of ether oxygens (including phenoxy) is 1. The molecule has 0 fully saturated rings. The van der Waals surface area contributed by atoms with E-state index in [1.54, 1.807) is 0 Å². The summed E-state index contributed by atoms with van der Waals surface area (Å²) in [7, 11) is 0. The van der Waals surface area contributed by atoms with Crippen molar-refractivity contribution in [3.63, 3.8) is 0 Å². The van der Waals surface area contributed by atoms with Crippen LogP contribution in [-0.2, 0) is 4.74 Å². The molecule has 0 rings (SSSR count). The molecule has 0 aliphatic carbocycles. The molecule has 0 heterocycles. The smallest absolute Gasteiger partial charge is 0.454 e. The summed E-state index contributed by atoms with van der Waals surface area (Å²) >= 11 is 0. The van der Waals surface area contributed by atoms with E-state index in [-0.39, 0.29) is 5.76 Å². The Morgan fingerprint density at radius 2 is 1.92 bits per heavy atom. The largest absolute Gasteiger partial charge is 0.454 e. The molecule has 1 unspecified atom stereocenters. The number of hydrogen-bond donors (Lipinski definition) is 1. The molecule has 0 aromatic carbocycles. The van der Waals surface area contributed by atoms with Gasteiger partial charge in [-0.3, -0.25) is 0 Å². The van der Waals surface area contributed by atoms with Crippen molar-refractivity contribution in [1.29, 1.82) is 0 Å². The van der Waals surface area contributed by atoms with Crippen molar-refractivity contribution >= 4 is 0 Å². The molecule has 0 bridgehead atoms. The Bertz CT molecular complexity index is 193. The molecule has 1 N–H and O–H groups in total. The van der Waals surface area contributed by atoms with E-state index in [0.29, 0.717) is 6.92 Å². The summed E-state index contributed by atoms with van der Waals surface area (Å²) in [5.74, 6) is -3.55. The van der Waals surface area contributed by atoms with Crippen molar-refractivity contribution in [3.05, 3.63) is 25.0 Å². The van der Waals surface area contributed by atoms with Crippen LogP contribution in [0.25, 0.3) is 0 Å². The van der Waals surface area contributed by atoms with E-state index in [0.717, 1.165) is 6.08 Å². The van der Waals surface area contributed by atoms with Gasteiger partial charge in [0.25, 0.3) is 0 Å². The van der Waals surface area contributed by atoms with Gasteiger partial charge in [-0.2, -0.15) is 13.2 Å². The molecule has 12 heavy (non-hydrogen) atoms. The Labute approximate surface area is 68.0 Å². The molecule has 0 radical (unpaired) electrons. The molecule has 70 valence electrons. The van der Waals surface area contributed by atoms with Gasteiger partial charge in [0.2, 0.25) is 0 Å². The second kappa shape index (κ2) is 3.18. The van der Waals surface area contributed by atoms with E-state index in [4.69, 9.17) is 5.11 Å². The van der Waals surface area contributed by atoms with E-state index in [1.165, 1.54) is 0 Å². The molecule has 0 spiro atoms. The number of hydrogen-bond acceptors (Lipinski definition) is 2. The first kappa shape index (κ1) is 11.0. The van der Waals surface area contributed by atoms with E-state index < -0.39 is 12.0 Å². The van der Waals surface area contributed by atoms with E-state index in [2.05, 4.69) is 17.9 Å². The van der Waals surface area contributed by atoms with Crippen molar-refractivity contribution in [2.24, 2.45) is 0 Å². The van der Waals surface area contributed by atoms with Crippen LogP contribution < -0.4 is 0 Å². The standard InChI is InChI=1S/C7H9F3O2/c1-4-5(2)12-6(3,11)7(8,9)10/h4,11H,1-2H2,3H3. The Kier molecular flexibility index (Phi) is 2.93. The fourth-order valence-electron chi connectivity index (χ4n) is 0.355. The van der Waals surface area contributed by atoms with Crippen LogP contribution in [-0.4, -0.2) is 17.1 Å². The van der Waals surface area contributed by atoms with Crippen molar-refractivity contribution < 1.29 is 23.0 Å². The summed E-state index contributed by atoms with van der Waals surface area (Å²) < 4.78 is 39.7. The Hall–Kier alpha value is -0.970.